The van der Waals surface area contributed by atoms with E-state index in [0.717, 1.165) is 0 Å². The Hall–Kier alpha value is -3.38. The first-order valence-corrected chi connectivity index (χ1v) is 9.66. The smallest absolute Gasteiger partial charge is 0.256 e. The first kappa shape index (κ1) is 19.6. The SMILES string of the molecule is CN1N=C(NC(=O)c2ccccc2)c2cn(C3O[C@H](CO)[C@@H](O)[C@H]3O)c3ncnc1c23. The second kappa shape index (κ2) is 7.39. The summed E-state index contributed by atoms with van der Waals surface area (Å²) in [5, 5.41) is 39.5. The molecular weight excluding hydrogens is 404 g/mol. The van der Waals surface area contributed by atoms with Gasteiger partial charge in [-0.05, 0) is 12.1 Å². The minimum absolute atomic E-state index is 0.286. The molecular formula is C20H20N6O5. The van der Waals surface area contributed by atoms with Crippen LogP contribution in [0.5, 0.6) is 0 Å². The molecule has 0 spiro atoms. The molecule has 31 heavy (non-hydrogen) atoms. The third-order valence-electron chi connectivity index (χ3n) is 5.46. The first-order chi connectivity index (χ1) is 15.0. The lowest BCUT2D eigenvalue weighted by molar-refractivity contribution is -0.0508. The van der Waals surface area contributed by atoms with Gasteiger partial charge in [0.2, 0.25) is 0 Å². The minimum atomic E-state index is -1.28. The zero-order valence-corrected chi connectivity index (χ0v) is 16.5. The number of aromatic nitrogens is 3. The van der Waals surface area contributed by atoms with Gasteiger partial charge in [0.05, 0.1) is 17.6 Å². The topological polar surface area (TPSA) is 145 Å². The van der Waals surface area contributed by atoms with Crippen LogP contribution in [0.1, 0.15) is 22.1 Å². The van der Waals surface area contributed by atoms with Gasteiger partial charge in [0, 0.05) is 18.8 Å². The summed E-state index contributed by atoms with van der Waals surface area (Å²) in [5.41, 5.74) is 1.45. The standard InChI is InChI=1S/C20H20N6O5/c1-25-17-13-11(16(24-25)23-19(30)10-5-3-2-4-6-10)7-26(18(13)22-9-21-17)20-15(29)14(28)12(8-27)31-20/h2-7,9,12,14-15,20,27-29H,8H2,1H3,(H,23,24,30)/t12-,14-,15-,20?/m1/s1. The summed E-state index contributed by atoms with van der Waals surface area (Å²) in [4.78, 5) is 21.3. The van der Waals surface area contributed by atoms with E-state index in [-0.39, 0.29) is 11.7 Å². The van der Waals surface area contributed by atoms with Crippen LogP contribution in [0.25, 0.3) is 11.0 Å². The molecule has 0 radical (unpaired) electrons. The Kier molecular flexibility index (Phi) is 4.67. The maximum absolute atomic E-state index is 12.7. The van der Waals surface area contributed by atoms with E-state index in [1.807, 2.05) is 6.07 Å². The summed E-state index contributed by atoms with van der Waals surface area (Å²) in [5.74, 6) is 0.471. The summed E-state index contributed by atoms with van der Waals surface area (Å²) in [6, 6.07) is 8.74. The van der Waals surface area contributed by atoms with E-state index in [1.165, 1.54) is 11.3 Å². The normalized spacial score (nSPS) is 25.0. The molecule has 0 saturated carbocycles. The molecule has 5 rings (SSSR count). The van der Waals surface area contributed by atoms with Crippen molar-refractivity contribution in [1.82, 2.24) is 19.9 Å². The Bertz CT molecular complexity index is 1180. The number of aliphatic hydroxyl groups is 3. The lowest BCUT2D eigenvalue weighted by Gasteiger charge is -2.21. The van der Waals surface area contributed by atoms with Crippen molar-refractivity contribution >= 4 is 28.6 Å². The fraction of sp³-hybridized carbons (Fsp3) is 0.300. The number of rotatable bonds is 3. The van der Waals surface area contributed by atoms with E-state index in [0.29, 0.717) is 28.0 Å². The summed E-state index contributed by atoms with van der Waals surface area (Å²) < 4.78 is 7.23. The fourth-order valence-corrected chi connectivity index (χ4v) is 3.91. The van der Waals surface area contributed by atoms with Gasteiger partial charge in [0.25, 0.3) is 5.91 Å². The Balaban J connectivity index is 1.58. The molecule has 160 valence electrons. The molecule has 0 bridgehead atoms. The number of nitrogens with zero attached hydrogens (tertiary/aromatic N) is 5. The van der Waals surface area contributed by atoms with Crippen molar-refractivity contribution in [1.29, 1.82) is 0 Å². The maximum Gasteiger partial charge on any atom is 0.256 e. The van der Waals surface area contributed by atoms with Crippen LogP contribution in [-0.2, 0) is 4.74 Å². The average Bonchev–Trinajstić information content (AvgIpc) is 3.31. The van der Waals surface area contributed by atoms with Crippen LogP contribution < -0.4 is 10.3 Å². The lowest BCUT2D eigenvalue weighted by atomic mass is 10.1. The highest BCUT2D eigenvalue weighted by atomic mass is 16.6. The summed E-state index contributed by atoms with van der Waals surface area (Å²) in [7, 11) is 1.70. The van der Waals surface area contributed by atoms with E-state index in [9.17, 15) is 20.1 Å². The zero-order valence-electron chi connectivity index (χ0n) is 16.5. The number of nitrogens with one attached hydrogen (secondary N) is 1. The number of amidine groups is 1. The quantitative estimate of drug-likeness (QED) is 0.444. The molecule has 3 aromatic rings. The summed E-state index contributed by atoms with van der Waals surface area (Å²) >= 11 is 0. The number of benzene rings is 1. The Morgan fingerprint density at radius 2 is 1.97 bits per heavy atom. The van der Waals surface area contributed by atoms with Crippen LogP contribution in [0.4, 0.5) is 5.82 Å². The van der Waals surface area contributed by atoms with Crippen molar-refractivity contribution in [3.05, 3.63) is 54.0 Å². The zero-order chi connectivity index (χ0) is 21.7. The summed E-state index contributed by atoms with van der Waals surface area (Å²) in [6.45, 7) is -0.441. The number of anilines is 1. The Morgan fingerprint density at radius 1 is 1.19 bits per heavy atom. The van der Waals surface area contributed by atoms with Crippen LogP contribution in [-0.4, -0.2) is 73.6 Å². The van der Waals surface area contributed by atoms with Crippen molar-refractivity contribution < 1.29 is 24.9 Å². The monoisotopic (exact) mass is 424 g/mol. The van der Waals surface area contributed by atoms with Crippen LogP contribution in [0.15, 0.2) is 48.0 Å². The molecule has 4 heterocycles. The molecule has 1 unspecified atom stereocenters. The fourth-order valence-electron chi connectivity index (χ4n) is 3.91. The van der Waals surface area contributed by atoms with E-state index in [2.05, 4.69) is 20.4 Å². The molecule has 2 aliphatic heterocycles. The van der Waals surface area contributed by atoms with Crippen molar-refractivity contribution in [2.24, 2.45) is 5.10 Å². The van der Waals surface area contributed by atoms with Gasteiger partial charge in [0.15, 0.2) is 17.9 Å². The van der Waals surface area contributed by atoms with Gasteiger partial charge in [0.1, 0.15) is 30.3 Å². The number of ether oxygens (including phenoxy) is 1. The second-order valence-corrected chi connectivity index (χ2v) is 7.37. The van der Waals surface area contributed by atoms with Crippen LogP contribution in [0.3, 0.4) is 0 Å². The molecule has 2 aromatic heterocycles. The highest BCUT2D eigenvalue weighted by Crippen LogP contribution is 2.37. The van der Waals surface area contributed by atoms with Gasteiger partial charge >= 0.3 is 0 Å². The van der Waals surface area contributed by atoms with Crippen LogP contribution in [0, 0.1) is 0 Å². The highest BCUT2D eigenvalue weighted by molar-refractivity contribution is 6.20. The minimum Gasteiger partial charge on any atom is -0.394 e. The van der Waals surface area contributed by atoms with E-state index >= 15 is 0 Å². The van der Waals surface area contributed by atoms with Gasteiger partial charge in [-0.3, -0.25) is 4.79 Å². The third kappa shape index (κ3) is 3.06. The molecule has 1 aromatic carbocycles. The number of hydrogen-bond donors (Lipinski definition) is 4. The van der Waals surface area contributed by atoms with Gasteiger partial charge in [-0.25, -0.2) is 15.0 Å². The Labute approximate surface area is 176 Å². The molecule has 0 aliphatic carbocycles. The molecule has 4 N–H and O–H groups in total. The van der Waals surface area contributed by atoms with Gasteiger partial charge < -0.3 is 29.9 Å². The van der Waals surface area contributed by atoms with E-state index in [4.69, 9.17) is 4.74 Å². The van der Waals surface area contributed by atoms with Gasteiger partial charge in [-0.2, -0.15) is 5.10 Å². The van der Waals surface area contributed by atoms with Crippen molar-refractivity contribution in [2.75, 3.05) is 18.7 Å². The van der Waals surface area contributed by atoms with Crippen molar-refractivity contribution in [3.8, 4) is 0 Å². The first-order valence-electron chi connectivity index (χ1n) is 9.66. The number of hydrogen-bond acceptors (Lipinski definition) is 9. The van der Waals surface area contributed by atoms with Crippen molar-refractivity contribution in [3.63, 3.8) is 0 Å². The molecule has 4 atom stereocenters. The highest BCUT2D eigenvalue weighted by Gasteiger charge is 2.44. The molecule has 1 fully saturated rings. The molecule has 11 nitrogen and oxygen atoms in total. The molecule has 1 saturated heterocycles. The van der Waals surface area contributed by atoms with E-state index in [1.54, 1.807) is 42.1 Å². The largest absolute Gasteiger partial charge is 0.394 e. The number of amides is 1. The number of carbonyl (C=O) groups is 1. The van der Waals surface area contributed by atoms with Gasteiger partial charge in [-0.1, -0.05) is 18.2 Å². The van der Waals surface area contributed by atoms with Crippen LogP contribution in [0.2, 0.25) is 0 Å². The number of hydrazone groups is 1. The lowest BCUT2D eigenvalue weighted by Crippen LogP contribution is -2.35. The van der Waals surface area contributed by atoms with Crippen LogP contribution >= 0.6 is 0 Å². The Morgan fingerprint density at radius 3 is 2.68 bits per heavy atom. The van der Waals surface area contributed by atoms with Crippen molar-refractivity contribution in [2.45, 2.75) is 24.5 Å². The molecule has 1 amide bonds. The molecule has 11 heteroatoms. The predicted molar refractivity (Wildman–Crippen MR) is 109 cm³/mol. The number of aliphatic hydroxyl groups excluding tert-OH is 3. The third-order valence-corrected chi connectivity index (χ3v) is 5.46. The van der Waals surface area contributed by atoms with E-state index < -0.39 is 31.1 Å². The van der Waals surface area contributed by atoms with Gasteiger partial charge in [-0.15, -0.1) is 0 Å². The maximum atomic E-state index is 12.7. The predicted octanol–water partition coefficient (Wildman–Crippen LogP) is -0.416. The average molecular weight is 424 g/mol. The molecule has 2 aliphatic rings. The summed E-state index contributed by atoms with van der Waals surface area (Å²) in [6.07, 6.45) is -1.45. The second-order valence-electron chi connectivity index (χ2n) is 7.37. The number of carbonyl (C=O) groups excluding carboxylic acids is 1.